The van der Waals surface area contributed by atoms with Crippen molar-refractivity contribution in [2.24, 2.45) is 0 Å². The lowest BCUT2D eigenvalue weighted by atomic mass is 10.0. The van der Waals surface area contributed by atoms with E-state index in [1.165, 1.54) is 0 Å². The van der Waals surface area contributed by atoms with E-state index in [2.05, 4.69) is 18.7 Å². The summed E-state index contributed by atoms with van der Waals surface area (Å²) >= 11 is 0. The first kappa shape index (κ1) is 12.6. The Morgan fingerprint density at radius 3 is 2.71 bits per heavy atom. The van der Waals surface area contributed by atoms with Gasteiger partial charge in [-0.1, -0.05) is 30.3 Å². The highest BCUT2D eigenvalue weighted by Crippen LogP contribution is 2.23. The highest BCUT2D eigenvalue weighted by Gasteiger charge is 2.28. The molecule has 3 unspecified atom stereocenters. The molecule has 1 aliphatic heterocycles. The van der Waals surface area contributed by atoms with Crippen molar-refractivity contribution in [1.29, 1.82) is 0 Å². The van der Waals surface area contributed by atoms with Gasteiger partial charge in [-0.05, 0) is 19.4 Å². The number of nitrogens with zero attached hydrogens (tertiary/aromatic N) is 1. The summed E-state index contributed by atoms with van der Waals surface area (Å²) in [7, 11) is 0. The molecule has 0 aromatic heterocycles. The van der Waals surface area contributed by atoms with Gasteiger partial charge in [0.05, 0.1) is 19.3 Å². The Morgan fingerprint density at radius 2 is 2.06 bits per heavy atom. The van der Waals surface area contributed by atoms with Crippen LogP contribution in [-0.4, -0.2) is 41.8 Å². The lowest BCUT2D eigenvalue weighted by Gasteiger charge is -2.39. The first-order chi connectivity index (χ1) is 8.20. The van der Waals surface area contributed by atoms with E-state index in [1.807, 2.05) is 30.3 Å². The second kappa shape index (κ2) is 5.63. The molecular weight excluding hydrogens is 214 g/mol. The molecule has 1 heterocycles. The molecule has 94 valence electrons. The number of aliphatic hydroxyl groups excluding tert-OH is 1. The topological polar surface area (TPSA) is 32.7 Å². The van der Waals surface area contributed by atoms with E-state index in [0.29, 0.717) is 6.04 Å². The number of hydrogen-bond donors (Lipinski definition) is 1. The van der Waals surface area contributed by atoms with Gasteiger partial charge in [-0.15, -0.1) is 0 Å². The normalized spacial score (nSPS) is 25.5. The van der Waals surface area contributed by atoms with Crippen LogP contribution in [-0.2, 0) is 4.74 Å². The molecule has 0 aliphatic carbocycles. The van der Waals surface area contributed by atoms with E-state index < -0.39 is 6.10 Å². The van der Waals surface area contributed by atoms with E-state index >= 15 is 0 Å². The second-order valence-electron chi connectivity index (χ2n) is 4.76. The maximum absolute atomic E-state index is 10.4. The Balaban J connectivity index is 2.06. The average Bonchev–Trinajstić information content (AvgIpc) is 2.39. The summed E-state index contributed by atoms with van der Waals surface area (Å²) < 4.78 is 5.42. The Hall–Kier alpha value is -0.900. The van der Waals surface area contributed by atoms with Crippen LogP contribution in [0.1, 0.15) is 25.5 Å². The van der Waals surface area contributed by atoms with Gasteiger partial charge in [0.15, 0.2) is 0 Å². The standard InChI is InChI=1S/C14H21NO2/c1-11-10-17-9-8-15(11)12(2)14(16)13-6-4-3-5-7-13/h3-7,11-12,14,16H,8-10H2,1-2H3. The molecule has 0 spiro atoms. The zero-order valence-corrected chi connectivity index (χ0v) is 10.5. The van der Waals surface area contributed by atoms with Crippen molar-refractivity contribution in [1.82, 2.24) is 4.90 Å². The van der Waals surface area contributed by atoms with E-state index in [4.69, 9.17) is 4.74 Å². The molecule has 1 aromatic carbocycles. The Kier molecular flexibility index (Phi) is 4.15. The van der Waals surface area contributed by atoms with Crippen LogP contribution < -0.4 is 0 Å². The molecule has 1 N–H and O–H groups in total. The molecule has 1 aromatic rings. The third-order valence-corrected chi connectivity index (χ3v) is 3.54. The smallest absolute Gasteiger partial charge is 0.0942 e. The Morgan fingerprint density at radius 1 is 1.35 bits per heavy atom. The molecule has 17 heavy (non-hydrogen) atoms. The van der Waals surface area contributed by atoms with Crippen LogP contribution in [0.2, 0.25) is 0 Å². The van der Waals surface area contributed by atoms with Gasteiger partial charge < -0.3 is 9.84 Å². The van der Waals surface area contributed by atoms with E-state index in [1.54, 1.807) is 0 Å². The molecule has 0 bridgehead atoms. The minimum Gasteiger partial charge on any atom is -0.387 e. The third kappa shape index (κ3) is 2.86. The Bertz CT molecular complexity index is 341. The number of morpholine rings is 1. The van der Waals surface area contributed by atoms with Crippen molar-refractivity contribution in [2.75, 3.05) is 19.8 Å². The van der Waals surface area contributed by atoms with Crippen molar-refractivity contribution in [2.45, 2.75) is 32.0 Å². The molecular formula is C14H21NO2. The van der Waals surface area contributed by atoms with Crippen LogP contribution >= 0.6 is 0 Å². The molecule has 0 saturated carbocycles. The van der Waals surface area contributed by atoms with Gasteiger partial charge in [0.2, 0.25) is 0 Å². The lowest BCUT2D eigenvalue weighted by molar-refractivity contribution is -0.0490. The monoisotopic (exact) mass is 235 g/mol. The summed E-state index contributed by atoms with van der Waals surface area (Å²) in [5.74, 6) is 0. The first-order valence-corrected chi connectivity index (χ1v) is 6.26. The molecule has 3 atom stereocenters. The quantitative estimate of drug-likeness (QED) is 0.867. The summed E-state index contributed by atoms with van der Waals surface area (Å²) in [5, 5.41) is 10.4. The van der Waals surface area contributed by atoms with Gasteiger partial charge in [0.25, 0.3) is 0 Å². The lowest BCUT2D eigenvalue weighted by Crippen LogP contribution is -2.50. The molecule has 0 radical (unpaired) electrons. The summed E-state index contributed by atoms with van der Waals surface area (Å²) in [6, 6.07) is 10.4. The molecule has 3 heteroatoms. The zero-order valence-electron chi connectivity index (χ0n) is 10.5. The minimum absolute atomic E-state index is 0.122. The predicted molar refractivity (Wildman–Crippen MR) is 67.9 cm³/mol. The Labute approximate surface area is 103 Å². The van der Waals surface area contributed by atoms with Crippen LogP contribution in [0.25, 0.3) is 0 Å². The van der Waals surface area contributed by atoms with Crippen molar-refractivity contribution >= 4 is 0 Å². The predicted octanol–water partition coefficient (Wildman–Crippen LogP) is 1.83. The number of rotatable bonds is 3. The molecule has 2 rings (SSSR count). The van der Waals surface area contributed by atoms with Gasteiger partial charge in [-0.3, -0.25) is 4.90 Å². The highest BCUT2D eigenvalue weighted by molar-refractivity contribution is 5.18. The molecule has 3 nitrogen and oxygen atoms in total. The van der Waals surface area contributed by atoms with Gasteiger partial charge >= 0.3 is 0 Å². The van der Waals surface area contributed by atoms with Crippen LogP contribution in [0.4, 0.5) is 0 Å². The summed E-state index contributed by atoms with van der Waals surface area (Å²) in [5.41, 5.74) is 0.985. The van der Waals surface area contributed by atoms with E-state index in [-0.39, 0.29) is 6.04 Å². The SMILES string of the molecule is CC1COCCN1C(C)C(O)c1ccccc1. The summed E-state index contributed by atoms with van der Waals surface area (Å²) in [6.07, 6.45) is -0.434. The van der Waals surface area contributed by atoms with E-state index in [0.717, 1.165) is 25.3 Å². The van der Waals surface area contributed by atoms with Crippen molar-refractivity contribution in [3.8, 4) is 0 Å². The third-order valence-electron chi connectivity index (χ3n) is 3.54. The van der Waals surface area contributed by atoms with Gasteiger partial charge in [0.1, 0.15) is 0 Å². The van der Waals surface area contributed by atoms with Crippen molar-refractivity contribution in [3.63, 3.8) is 0 Å². The van der Waals surface area contributed by atoms with E-state index in [9.17, 15) is 5.11 Å². The fourth-order valence-electron chi connectivity index (χ4n) is 2.46. The number of benzene rings is 1. The largest absolute Gasteiger partial charge is 0.387 e. The van der Waals surface area contributed by atoms with Crippen LogP contribution in [0.15, 0.2) is 30.3 Å². The number of aliphatic hydroxyl groups is 1. The molecule has 1 fully saturated rings. The molecule has 1 aliphatic rings. The minimum atomic E-state index is -0.434. The fraction of sp³-hybridized carbons (Fsp3) is 0.571. The van der Waals surface area contributed by atoms with Crippen LogP contribution in [0.5, 0.6) is 0 Å². The van der Waals surface area contributed by atoms with Gasteiger partial charge in [-0.25, -0.2) is 0 Å². The number of hydrogen-bond acceptors (Lipinski definition) is 3. The van der Waals surface area contributed by atoms with Gasteiger partial charge in [0, 0.05) is 18.6 Å². The van der Waals surface area contributed by atoms with Crippen molar-refractivity contribution in [3.05, 3.63) is 35.9 Å². The number of ether oxygens (including phenoxy) is 1. The van der Waals surface area contributed by atoms with Crippen LogP contribution in [0, 0.1) is 0 Å². The summed E-state index contributed by atoms with van der Waals surface area (Å²) in [6.45, 7) is 6.64. The molecule has 0 amide bonds. The zero-order chi connectivity index (χ0) is 12.3. The highest BCUT2D eigenvalue weighted by atomic mass is 16.5. The second-order valence-corrected chi connectivity index (χ2v) is 4.76. The van der Waals surface area contributed by atoms with Crippen LogP contribution in [0.3, 0.4) is 0 Å². The maximum atomic E-state index is 10.4. The fourth-order valence-corrected chi connectivity index (χ4v) is 2.46. The average molecular weight is 235 g/mol. The maximum Gasteiger partial charge on any atom is 0.0942 e. The summed E-state index contributed by atoms with van der Waals surface area (Å²) in [4.78, 5) is 2.32. The van der Waals surface area contributed by atoms with Crippen molar-refractivity contribution < 1.29 is 9.84 Å². The molecule has 1 saturated heterocycles. The first-order valence-electron chi connectivity index (χ1n) is 6.26. The van der Waals surface area contributed by atoms with Gasteiger partial charge in [-0.2, -0.15) is 0 Å².